The molecule has 0 spiro atoms. The lowest BCUT2D eigenvalue weighted by molar-refractivity contribution is 0.218. The van der Waals surface area contributed by atoms with Crippen LogP contribution in [0.5, 0.6) is 5.75 Å². The van der Waals surface area contributed by atoms with E-state index in [4.69, 9.17) is 4.74 Å². The molecule has 2 rings (SSSR count). The van der Waals surface area contributed by atoms with Crippen LogP contribution in [-0.4, -0.2) is 19.7 Å². The Labute approximate surface area is 103 Å². The van der Waals surface area contributed by atoms with E-state index in [1.807, 2.05) is 0 Å². The van der Waals surface area contributed by atoms with E-state index < -0.39 is 0 Å². The van der Waals surface area contributed by atoms with E-state index in [2.05, 4.69) is 21.2 Å². The van der Waals surface area contributed by atoms with Crippen molar-refractivity contribution in [1.82, 2.24) is 5.32 Å². The van der Waals surface area contributed by atoms with E-state index in [0.29, 0.717) is 17.0 Å². The Morgan fingerprint density at radius 1 is 1.50 bits per heavy atom. The van der Waals surface area contributed by atoms with Crippen LogP contribution >= 0.6 is 15.9 Å². The van der Waals surface area contributed by atoms with Gasteiger partial charge in [-0.3, -0.25) is 0 Å². The largest absolute Gasteiger partial charge is 0.493 e. The number of hydrogen-bond acceptors (Lipinski definition) is 2. The molecule has 0 saturated carbocycles. The highest BCUT2D eigenvalue weighted by Crippen LogP contribution is 2.22. The van der Waals surface area contributed by atoms with Gasteiger partial charge in [0.15, 0.2) is 0 Å². The third-order valence-corrected chi connectivity index (χ3v) is 3.38. The van der Waals surface area contributed by atoms with E-state index in [9.17, 15) is 4.39 Å². The van der Waals surface area contributed by atoms with Crippen LogP contribution in [0.1, 0.15) is 12.8 Å². The Hall–Kier alpha value is -0.610. The van der Waals surface area contributed by atoms with E-state index in [1.54, 1.807) is 12.1 Å². The van der Waals surface area contributed by atoms with Crippen LogP contribution in [-0.2, 0) is 0 Å². The van der Waals surface area contributed by atoms with Gasteiger partial charge in [-0.1, -0.05) is 0 Å². The molecule has 1 aromatic rings. The normalized spacial score (nSPS) is 20.8. The average molecular weight is 288 g/mol. The SMILES string of the molecule is Fc1ccc(OCC2CCCNC2)cc1Br. The first-order valence-corrected chi connectivity index (χ1v) is 6.33. The predicted molar refractivity (Wildman–Crippen MR) is 65.2 cm³/mol. The van der Waals surface area contributed by atoms with Crippen molar-refractivity contribution in [2.24, 2.45) is 5.92 Å². The van der Waals surface area contributed by atoms with E-state index in [1.165, 1.54) is 18.9 Å². The molecule has 0 aromatic heterocycles. The van der Waals surface area contributed by atoms with Crippen molar-refractivity contribution < 1.29 is 9.13 Å². The number of ether oxygens (including phenoxy) is 1. The number of hydrogen-bond donors (Lipinski definition) is 1. The van der Waals surface area contributed by atoms with E-state index in [0.717, 1.165) is 18.8 Å². The molecular formula is C12H15BrFNO. The second-order valence-electron chi connectivity index (χ2n) is 4.10. The number of benzene rings is 1. The molecule has 1 aromatic carbocycles. The summed E-state index contributed by atoms with van der Waals surface area (Å²) in [6.45, 7) is 2.83. The number of piperidine rings is 1. The van der Waals surface area contributed by atoms with E-state index in [-0.39, 0.29) is 5.82 Å². The van der Waals surface area contributed by atoms with Crippen molar-refractivity contribution in [3.05, 3.63) is 28.5 Å². The minimum absolute atomic E-state index is 0.258. The lowest BCUT2D eigenvalue weighted by Gasteiger charge is -2.22. The van der Waals surface area contributed by atoms with Crippen molar-refractivity contribution in [2.45, 2.75) is 12.8 Å². The quantitative estimate of drug-likeness (QED) is 0.923. The molecule has 0 aliphatic carbocycles. The summed E-state index contributed by atoms with van der Waals surface area (Å²) in [4.78, 5) is 0. The summed E-state index contributed by atoms with van der Waals surface area (Å²) in [5.74, 6) is 1.03. The van der Waals surface area contributed by atoms with Gasteiger partial charge in [-0.25, -0.2) is 4.39 Å². The van der Waals surface area contributed by atoms with Gasteiger partial charge in [0.1, 0.15) is 11.6 Å². The van der Waals surface area contributed by atoms with Crippen LogP contribution in [0.15, 0.2) is 22.7 Å². The molecular weight excluding hydrogens is 273 g/mol. The Kier molecular flexibility index (Phi) is 4.18. The molecule has 1 unspecified atom stereocenters. The standard InChI is InChI=1S/C12H15BrFNO/c13-11-6-10(3-4-12(11)14)16-8-9-2-1-5-15-7-9/h3-4,6,9,15H,1-2,5,7-8H2. The fourth-order valence-corrected chi connectivity index (χ4v) is 2.20. The molecule has 1 aliphatic rings. The Morgan fingerprint density at radius 2 is 2.38 bits per heavy atom. The van der Waals surface area contributed by atoms with Gasteiger partial charge in [-0.05, 0) is 53.5 Å². The third kappa shape index (κ3) is 3.19. The lowest BCUT2D eigenvalue weighted by atomic mass is 10.0. The maximum Gasteiger partial charge on any atom is 0.137 e. The first kappa shape index (κ1) is 11.9. The molecule has 1 fully saturated rings. The molecule has 1 saturated heterocycles. The topological polar surface area (TPSA) is 21.3 Å². The molecule has 0 bridgehead atoms. The molecule has 1 atom stereocenters. The smallest absolute Gasteiger partial charge is 0.137 e. The van der Waals surface area contributed by atoms with Gasteiger partial charge < -0.3 is 10.1 Å². The van der Waals surface area contributed by atoms with Crippen molar-refractivity contribution in [3.63, 3.8) is 0 Å². The Morgan fingerprint density at radius 3 is 3.06 bits per heavy atom. The molecule has 0 radical (unpaired) electrons. The summed E-state index contributed by atoms with van der Waals surface area (Å²) in [5.41, 5.74) is 0. The highest BCUT2D eigenvalue weighted by atomic mass is 79.9. The second-order valence-corrected chi connectivity index (χ2v) is 4.95. The second kappa shape index (κ2) is 5.64. The van der Waals surface area contributed by atoms with Crippen LogP contribution in [0.2, 0.25) is 0 Å². The summed E-state index contributed by atoms with van der Waals surface area (Å²) in [7, 11) is 0. The van der Waals surface area contributed by atoms with Crippen LogP contribution in [0.25, 0.3) is 0 Å². The van der Waals surface area contributed by atoms with Crippen molar-refractivity contribution in [3.8, 4) is 5.75 Å². The maximum absolute atomic E-state index is 13.0. The molecule has 1 aliphatic heterocycles. The zero-order valence-corrected chi connectivity index (χ0v) is 10.6. The van der Waals surface area contributed by atoms with E-state index >= 15 is 0 Å². The maximum atomic E-state index is 13.0. The van der Waals surface area contributed by atoms with Gasteiger partial charge in [0, 0.05) is 12.5 Å². The zero-order valence-electron chi connectivity index (χ0n) is 9.01. The molecule has 88 valence electrons. The highest BCUT2D eigenvalue weighted by Gasteiger charge is 2.13. The van der Waals surface area contributed by atoms with Crippen molar-refractivity contribution in [1.29, 1.82) is 0 Å². The first-order valence-electron chi connectivity index (χ1n) is 5.54. The van der Waals surface area contributed by atoms with Gasteiger partial charge in [-0.15, -0.1) is 0 Å². The summed E-state index contributed by atoms with van der Waals surface area (Å²) in [6.07, 6.45) is 2.41. The van der Waals surface area contributed by atoms with Crippen molar-refractivity contribution >= 4 is 15.9 Å². The first-order chi connectivity index (χ1) is 7.75. The van der Waals surface area contributed by atoms with Gasteiger partial charge in [0.2, 0.25) is 0 Å². The minimum atomic E-state index is -0.258. The molecule has 2 nitrogen and oxygen atoms in total. The highest BCUT2D eigenvalue weighted by molar-refractivity contribution is 9.10. The zero-order chi connectivity index (χ0) is 11.4. The third-order valence-electron chi connectivity index (χ3n) is 2.78. The summed E-state index contributed by atoms with van der Waals surface area (Å²) >= 11 is 3.14. The molecule has 1 N–H and O–H groups in total. The molecule has 16 heavy (non-hydrogen) atoms. The fourth-order valence-electron chi connectivity index (χ4n) is 1.85. The van der Waals surface area contributed by atoms with Crippen LogP contribution in [0.4, 0.5) is 4.39 Å². The Balaban J connectivity index is 1.86. The average Bonchev–Trinajstić information content (AvgIpc) is 2.32. The molecule has 4 heteroatoms. The number of halogens is 2. The van der Waals surface area contributed by atoms with Crippen LogP contribution < -0.4 is 10.1 Å². The van der Waals surface area contributed by atoms with Crippen LogP contribution in [0, 0.1) is 11.7 Å². The monoisotopic (exact) mass is 287 g/mol. The fraction of sp³-hybridized carbons (Fsp3) is 0.500. The Bertz CT molecular complexity index is 353. The van der Waals surface area contributed by atoms with Crippen molar-refractivity contribution in [2.75, 3.05) is 19.7 Å². The van der Waals surface area contributed by atoms with Gasteiger partial charge >= 0.3 is 0 Å². The predicted octanol–water partition coefficient (Wildman–Crippen LogP) is 2.97. The lowest BCUT2D eigenvalue weighted by Crippen LogP contribution is -2.33. The summed E-state index contributed by atoms with van der Waals surface area (Å²) < 4.78 is 19.1. The van der Waals surface area contributed by atoms with Crippen LogP contribution in [0.3, 0.4) is 0 Å². The molecule has 0 amide bonds. The number of nitrogens with one attached hydrogen (secondary N) is 1. The van der Waals surface area contributed by atoms with Gasteiger partial charge in [0.25, 0.3) is 0 Å². The summed E-state index contributed by atoms with van der Waals surface area (Å²) in [5, 5.41) is 3.34. The summed E-state index contributed by atoms with van der Waals surface area (Å²) in [6, 6.07) is 4.75. The van der Waals surface area contributed by atoms with Gasteiger partial charge in [0.05, 0.1) is 11.1 Å². The molecule has 1 heterocycles. The minimum Gasteiger partial charge on any atom is -0.493 e. The number of rotatable bonds is 3. The van der Waals surface area contributed by atoms with Gasteiger partial charge in [-0.2, -0.15) is 0 Å².